The highest BCUT2D eigenvalue weighted by atomic mass is 19.1. The summed E-state index contributed by atoms with van der Waals surface area (Å²) in [5.74, 6) is -0.822. The Hall–Kier alpha value is -2.66. The van der Waals surface area contributed by atoms with Gasteiger partial charge in [-0.3, -0.25) is 9.69 Å². The van der Waals surface area contributed by atoms with Gasteiger partial charge in [-0.15, -0.1) is 0 Å². The van der Waals surface area contributed by atoms with Crippen molar-refractivity contribution in [1.82, 2.24) is 4.90 Å². The van der Waals surface area contributed by atoms with E-state index in [0.717, 1.165) is 30.7 Å². The number of nitrogens with one attached hydrogen (secondary N) is 1. The standard InChI is InChI=1S/C25H33FN2O2/c1-18(2)28(19(3)4)15-9-12-21-17-22(13-14-24(21)30-5)27-25(29)23(26)16-20-10-7-6-8-11-20/h6-8,10-11,13-14,16-19H,9,12,15H2,1-5H3,(H,27,29)/b23-16-. The van der Waals surface area contributed by atoms with E-state index in [1.165, 1.54) is 6.08 Å². The minimum atomic E-state index is -0.830. The van der Waals surface area contributed by atoms with Crippen LogP contribution in [0.2, 0.25) is 0 Å². The molecule has 0 fully saturated rings. The fourth-order valence-corrected chi connectivity index (χ4v) is 3.57. The minimum Gasteiger partial charge on any atom is -0.496 e. The number of carbonyl (C=O) groups is 1. The van der Waals surface area contributed by atoms with E-state index in [2.05, 4.69) is 37.9 Å². The Balaban J connectivity index is 2.06. The summed E-state index contributed by atoms with van der Waals surface area (Å²) in [5.41, 5.74) is 2.19. The Morgan fingerprint density at radius 1 is 1.10 bits per heavy atom. The predicted molar refractivity (Wildman–Crippen MR) is 122 cm³/mol. The number of benzene rings is 2. The van der Waals surface area contributed by atoms with Gasteiger partial charge >= 0.3 is 0 Å². The molecule has 0 aliphatic heterocycles. The molecule has 0 aliphatic rings. The normalized spacial score (nSPS) is 12.0. The Morgan fingerprint density at radius 2 is 1.77 bits per heavy atom. The SMILES string of the molecule is COc1ccc(NC(=O)/C(F)=C/c2ccccc2)cc1CCCN(C(C)C)C(C)C. The van der Waals surface area contributed by atoms with Crippen molar-refractivity contribution in [3.05, 3.63) is 65.5 Å². The van der Waals surface area contributed by atoms with Crippen LogP contribution >= 0.6 is 0 Å². The molecular weight excluding hydrogens is 379 g/mol. The number of nitrogens with zero attached hydrogens (tertiary/aromatic N) is 1. The molecule has 0 saturated heterocycles. The topological polar surface area (TPSA) is 41.6 Å². The summed E-state index contributed by atoms with van der Waals surface area (Å²) in [6.07, 6.45) is 3.00. The molecule has 4 nitrogen and oxygen atoms in total. The van der Waals surface area contributed by atoms with Gasteiger partial charge in [0, 0.05) is 17.8 Å². The summed E-state index contributed by atoms with van der Waals surface area (Å²) < 4.78 is 19.7. The lowest BCUT2D eigenvalue weighted by Gasteiger charge is -2.30. The highest BCUT2D eigenvalue weighted by molar-refractivity contribution is 6.05. The van der Waals surface area contributed by atoms with E-state index in [0.29, 0.717) is 23.3 Å². The predicted octanol–water partition coefficient (Wildman–Crippen LogP) is 5.70. The highest BCUT2D eigenvalue weighted by Gasteiger charge is 2.14. The number of rotatable bonds is 10. The third-order valence-corrected chi connectivity index (χ3v) is 5.04. The van der Waals surface area contributed by atoms with Crippen molar-refractivity contribution in [2.45, 2.75) is 52.6 Å². The average molecular weight is 413 g/mol. The first kappa shape index (κ1) is 23.6. The summed E-state index contributed by atoms with van der Waals surface area (Å²) in [7, 11) is 1.63. The molecule has 0 bridgehead atoms. The van der Waals surface area contributed by atoms with E-state index in [1.807, 2.05) is 18.2 Å². The third-order valence-electron chi connectivity index (χ3n) is 5.04. The molecule has 2 rings (SSSR count). The van der Waals surface area contributed by atoms with Gasteiger partial charge in [0.2, 0.25) is 0 Å². The van der Waals surface area contributed by atoms with E-state index in [9.17, 15) is 9.18 Å². The van der Waals surface area contributed by atoms with Crippen molar-refractivity contribution in [3.63, 3.8) is 0 Å². The van der Waals surface area contributed by atoms with Gasteiger partial charge in [0.15, 0.2) is 5.83 Å². The Morgan fingerprint density at radius 3 is 2.37 bits per heavy atom. The lowest BCUT2D eigenvalue weighted by Crippen LogP contribution is -2.37. The number of ether oxygens (including phenoxy) is 1. The second kappa shape index (κ2) is 11.5. The lowest BCUT2D eigenvalue weighted by molar-refractivity contribution is -0.114. The number of methoxy groups -OCH3 is 1. The summed E-state index contributed by atoms with van der Waals surface area (Å²) in [4.78, 5) is 14.7. The molecule has 0 spiro atoms. The summed E-state index contributed by atoms with van der Waals surface area (Å²) in [5, 5.41) is 2.64. The smallest absolute Gasteiger partial charge is 0.284 e. The van der Waals surface area contributed by atoms with Gasteiger partial charge in [-0.25, -0.2) is 4.39 Å². The van der Waals surface area contributed by atoms with Crippen LogP contribution in [0.25, 0.3) is 6.08 Å². The van der Waals surface area contributed by atoms with Gasteiger partial charge in [0.25, 0.3) is 5.91 Å². The van der Waals surface area contributed by atoms with Gasteiger partial charge in [-0.2, -0.15) is 0 Å². The van der Waals surface area contributed by atoms with E-state index in [-0.39, 0.29) is 0 Å². The van der Waals surface area contributed by atoms with Crippen LogP contribution in [0.5, 0.6) is 5.75 Å². The van der Waals surface area contributed by atoms with Gasteiger partial charge in [0.05, 0.1) is 7.11 Å². The molecule has 2 aromatic rings. The van der Waals surface area contributed by atoms with Crippen molar-refractivity contribution in [2.24, 2.45) is 0 Å². The number of anilines is 1. The van der Waals surface area contributed by atoms with Crippen LogP contribution in [-0.2, 0) is 11.2 Å². The van der Waals surface area contributed by atoms with Crippen LogP contribution in [0.4, 0.5) is 10.1 Å². The molecule has 0 unspecified atom stereocenters. The van der Waals surface area contributed by atoms with Gasteiger partial charge < -0.3 is 10.1 Å². The molecule has 0 heterocycles. The van der Waals surface area contributed by atoms with Crippen LogP contribution in [0.15, 0.2) is 54.4 Å². The molecule has 0 atom stereocenters. The molecule has 2 aromatic carbocycles. The second-order valence-electron chi connectivity index (χ2n) is 7.91. The average Bonchev–Trinajstić information content (AvgIpc) is 2.71. The Kier molecular flexibility index (Phi) is 9.06. The lowest BCUT2D eigenvalue weighted by atomic mass is 10.1. The first-order valence-electron chi connectivity index (χ1n) is 10.5. The van der Waals surface area contributed by atoms with Gasteiger partial charge in [-0.05, 0) is 82.5 Å². The maximum Gasteiger partial charge on any atom is 0.284 e. The summed E-state index contributed by atoms with van der Waals surface area (Å²) in [6.45, 7) is 9.79. The van der Waals surface area contributed by atoms with Crippen molar-refractivity contribution in [2.75, 3.05) is 19.0 Å². The van der Waals surface area contributed by atoms with E-state index < -0.39 is 11.7 Å². The first-order chi connectivity index (χ1) is 14.3. The van der Waals surface area contributed by atoms with E-state index >= 15 is 0 Å². The molecule has 0 radical (unpaired) electrons. The number of aryl methyl sites for hydroxylation is 1. The number of amides is 1. The zero-order valence-electron chi connectivity index (χ0n) is 18.6. The zero-order chi connectivity index (χ0) is 22.1. The van der Waals surface area contributed by atoms with Crippen LogP contribution < -0.4 is 10.1 Å². The van der Waals surface area contributed by atoms with Crippen LogP contribution in [0, 0.1) is 0 Å². The third kappa shape index (κ3) is 6.99. The molecule has 162 valence electrons. The number of hydrogen-bond donors (Lipinski definition) is 1. The molecule has 5 heteroatoms. The highest BCUT2D eigenvalue weighted by Crippen LogP contribution is 2.25. The molecule has 1 N–H and O–H groups in total. The van der Waals surface area contributed by atoms with Crippen molar-refractivity contribution in [1.29, 1.82) is 0 Å². The minimum absolute atomic E-state index is 0.483. The molecular formula is C25H33FN2O2. The van der Waals surface area contributed by atoms with Gasteiger partial charge in [0.1, 0.15) is 5.75 Å². The fourth-order valence-electron chi connectivity index (χ4n) is 3.57. The number of halogens is 1. The molecule has 30 heavy (non-hydrogen) atoms. The monoisotopic (exact) mass is 412 g/mol. The Bertz CT molecular complexity index is 839. The van der Waals surface area contributed by atoms with Crippen molar-refractivity contribution >= 4 is 17.7 Å². The van der Waals surface area contributed by atoms with Gasteiger partial charge in [-0.1, -0.05) is 30.3 Å². The number of carbonyl (C=O) groups excluding carboxylic acids is 1. The summed E-state index contributed by atoms with van der Waals surface area (Å²) in [6, 6.07) is 15.3. The maximum absolute atomic E-state index is 14.3. The largest absolute Gasteiger partial charge is 0.496 e. The van der Waals surface area contributed by atoms with Crippen LogP contribution in [-0.4, -0.2) is 36.5 Å². The first-order valence-corrected chi connectivity index (χ1v) is 10.5. The quantitative estimate of drug-likeness (QED) is 0.509. The Labute approximate surface area is 179 Å². The van der Waals surface area contributed by atoms with Crippen LogP contribution in [0.3, 0.4) is 0 Å². The second-order valence-corrected chi connectivity index (χ2v) is 7.91. The molecule has 0 saturated carbocycles. The van der Waals surface area contributed by atoms with E-state index in [4.69, 9.17) is 4.74 Å². The fraction of sp³-hybridized carbons (Fsp3) is 0.400. The van der Waals surface area contributed by atoms with Crippen molar-refractivity contribution < 1.29 is 13.9 Å². The summed E-state index contributed by atoms with van der Waals surface area (Å²) >= 11 is 0. The zero-order valence-corrected chi connectivity index (χ0v) is 18.6. The molecule has 0 aliphatic carbocycles. The van der Waals surface area contributed by atoms with Crippen LogP contribution in [0.1, 0.15) is 45.2 Å². The van der Waals surface area contributed by atoms with E-state index in [1.54, 1.807) is 37.4 Å². The van der Waals surface area contributed by atoms with Crippen molar-refractivity contribution in [3.8, 4) is 5.75 Å². The molecule has 0 aromatic heterocycles. The number of hydrogen-bond acceptors (Lipinski definition) is 3. The molecule has 1 amide bonds. The maximum atomic E-state index is 14.3.